The summed E-state index contributed by atoms with van der Waals surface area (Å²) in [6.07, 6.45) is -1.96. The molecule has 9 nitrogen and oxygen atoms in total. The lowest BCUT2D eigenvalue weighted by molar-refractivity contribution is -0.204. The molecule has 0 bridgehead atoms. The number of fused-ring (bicyclic) bond motifs is 1. The molecule has 4 atom stereocenters. The van der Waals surface area contributed by atoms with Crippen molar-refractivity contribution in [2.24, 2.45) is 0 Å². The zero-order valence-electron chi connectivity index (χ0n) is 17.8. The molecule has 0 N–H and O–H groups in total. The van der Waals surface area contributed by atoms with Crippen LogP contribution in [0.1, 0.15) is 66.5 Å². The summed E-state index contributed by atoms with van der Waals surface area (Å²) in [5.74, 6) is -2.84. The molecule has 2 aliphatic rings. The van der Waals surface area contributed by atoms with Gasteiger partial charge in [-0.1, -0.05) is 6.07 Å². The maximum absolute atomic E-state index is 12.7. The van der Waals surface area contributed by atoms with Crippen molar-refractivity contribution in [1.29, 1.82) is 0 Å². The molecule has 1 aromatic carbocycles. The minimum atomic E-state index is -0.843. The molecule has 1 saturated heterocycles. The maximum Gasteiger partial charge on any atom is 0.308 e. The second kappa shape index (κ2) is 9.33. The molecule has 0 amide bonds. The highest BCUT2D eigenvalue weighted by Crippen LogP contribution is 2.42. The second-order valence-electron chi connectivity index (χ2n) is 7.47. The van der Waals surface area contributed by atoms with Crippen LogP contribution >= 0.6 is 15.9 Å². The van der Waals surface area contributed by atoms with Crippen molar-refractivity contribution in [3.05, 3.63) is 39.4 Å². The Bertz CT molecular complexity index is 1040. The third-order valence-corrected chi connectivity index (χ3v) is 5.61. The van der Waals surface area contributed by atoms with Crippen molar-refractivity contribution >= 4 is 45.4 Å². The molecule has 1 aliphatic heterocycles. The van der Waals surface area contributed by atoms with Crippen molar-refractivity contribution in [3.8, 4) is 5.75 Å². The molecule has 0 radical (unpaired) electrons. The van der Waals surface area contributed by atoms with E-state index in [0.717, 1.165) is 6.08 Å². The smallest absolute Gasteiger partial charge is 0.308 e. The topological polar surface area (TPSA) is 122 Å². The van der Waals surface area contributed by atoms with Gasteiger partial charge in [-0.2, -0.15) is 0 Å². The highest BCUT2D eigenvalue weighted by atomic mass is 79.9. The second-order valence-corrected chi connectivity index (χ2v) is 8.33. The van der Waals surface area contributed by atoms with E-state index in [2.05, 4.69) is 15.9 Å². The molecule has 0 aromatic heterocycles. The summed E-state index contributed by atoms with van der Waals surface area (Å²) in [5.41, 5.74) is 0.368. The van der Waals surface area contributed by atoms with Crippen molar-refractivity contribution in [3.63, 3.8) is 0 Å². The SMILES string of the molecule is CC(=O)Oc1c(C2CC(OC(C)=O)C(OC(C)=O)C(C)O2)ccc2c1C(=O)C=C(Br)C2=O. The van der Waals surface area contributed by atoms with Gasteiger partial charge in [-0.15, -0.1) is 0 Å². The summed E-state index contributed by atoms with van der Waals surface area (Å²) in [7, 11) is 0. The molecule has 170 valence electrons. The average molecular weight is 509 g/mol. The van der Waals surface area contributed by atoms with Gasteiger partial charge in [0.15, 0.2) is 11.9 Å². The molecule has 1 aliphatic carbocycles. The first-order valence-electron chi connectivity index (χ1n) is 9.81. The quantitative estimate of drug-likeness (QED) is 0.445. The fourth-order valence-electron chi connectivity index (χ4n) is 3.85. The Balaban J connectivity index is 2.07. The number of halogens is 1. The average Bonchev–Trinajstić information content (AvgIpc) is 2.67. The van der Waals surface area contributed by atoms with Crippen LogP contribution in [-0.2, 0) is 28.6 Å². The minimum Gasteiger partial charge on any atom is -0.458 e. The van der Waals surface area contributed by atoms with E-state index in [1.165, 1.54) is 32.9 Å². The number of ketones is 2. The molecule has 0 saturated carbocycles. The van der Waals surface area contributed by atoms with Crippen LogP contribution in [-0.4, -0.2) is 47.8 Å². The Morgan fingerprint density at radius 3 is 2.28 bits per heavy atom. The molecule has 1 fully saturated rings. The molecule has 1 aromatic rings. The molecule has 3 rings (SSSR count). The Morgan fingerprint density at radius 2 is 1.69 bits per heavy atom. The number of benzene rings is 1. The molecule has 1 heterocycles. The van der Waals surface area contributed by atoms with Gasteiger partial charge >= 0.3 is 17.9 Å². The van der Waals surface area contributed by atoms with E-state index in [4.69, 9.17) is 18.9 Å². The molecule has 10 heteroatoms. The number of ether oxygens (including phenoxy) is 4. The van der Waals surface area contributed by atoms with Crippen LogP contribution in [0.4, 0.5) is 0 Å². The number of hydrogen-bond acceptors (Lipinski definition) is 9. The van der Waals surface area contributed by atoms with Gasteiger partial charge in [0.05, 0.1) is 22.3 Å². The number of hydrogen-bond donors (Lipinski definition) is 0. The van der Waals surface area contributed by atoms with Crippen molar-refractivity contribution in [2.75, 3.05) is 0 Å². The molecular weight excluding hydrogens is 488 g/mol. The van der Waals surface area contributed by atoms with Gasteiger partial charge < -0.3 is 18.9 Å². The van der Waals surface area contributed by atoms with E-state index in [-0.39, 0.29) is 27.8 Å². The Morgan fingerprint density at radius 1 is 1.03 bits per heavy atom. The first kappa shape index (κ1) is 23.8. The van der Waals surface area contributed by atoms with E-state index in [0.29, 0.717) is 5.56 Å². The number of rotatable bonds is 4. The Hall–Kier alpha value is -2.85. The summed E-state index contributed by atoms with van der Waals surface area (Å²) in [6.45, 7) is 5.29. The number of esters is 3. The third kappa shape index (κ3) is 4.81. The van der Waals surface area contributed by atoms with Crippen LogP contribution in [0.15, 0.2) is 22.7 Å². The summed E-state index contributed by atoms with van der Waals surface area (Å²) < 4.78 is 22.1. The van der Waals surface area contributed by atoms with Crippen LogP contribution in [0.3, 0.4) is 0 Å². The highest BCUT2D eigenvalue weighted by Gasteiger charge is 2.43. The van der Waals surface area contributed by atoms with Crippen LogP contribution in [0.5, 0.6) is 5.75 Å². The van der Waals surface area contributed by atoms with E-state index in [1.54, 1.807) is 6.92 Å². The Kier molecular flexibility index (Phi) is 6.94. The Labute approximate surface area is 192 Å². The fraction of sp³-hybridized carbons (Fsp3) is 0.409. The normalized spacial score (nSPS) is 24.8. The van der Waals surface area contributed by atoms with E-state index in [9.17, 15) is 24.0 Å². The summed E-state index contributed by atoms with van der Waals surface area (Å²) >= 11 is 3.07. The van der Waals surface area contributed by atoms with Crippen molar-refractivity contribution < 1.29 is 42.9 Å². The van der Waals surface area contributed by atoms with Gasteiger partial charge in [0, 0.05) is 44.4 Å². The number of carbonyl (C=O) groups is 5. The standard InChI is InChI=1S/C22H21BrO9/c1-9-21(31-11(3)25)18(30-10(2)24)8-17(29-9)13-5-6-14-19(22(13)32-12(4)26)16(27)7-15(23)20(14)28/h5-7,9,17-18,21H,8H2,1-4H3. The van der Waals surface area contributed by atoms with Gasteiger partial charge in [-0.3, -0.25) is 24.0 Å². The summed E-state index contributed by atoms with van der Waals surface area (Å²) in [4.78, 5) is 60.2. The summed E-state index contributed by atoms with van der Waals surface area (Å²) in [5, 5.41) is 0. The van der Waals surface area contributed by atoms with E-state index >= 15 is 0 Å². The lowest BCUT2D eigenvalue weighted by Gasteiger charge is -2.39. The van der Waals surface area contributed by atoms with Crippen LogP contribution in [0, 0.1) is 0 Å². The molecule has 0 spiro atoms. The first-order valence-corrected chi connectivity index (χ1v) is 10.6. The van der Waals surface area contributed by atoms with Gasteiger partial charge in [0.1, 0.15) is 11.9 Å². The lowest BCUT2D eigenvalue weighted by atomic mass is 9.87. The number of Topliss-reactive ketones (excluding diaryl/α,β-unsaturated/α-hetero) is 1. The number of allylic oxidation sites excluding steroid dienone is 2. The molecule has 4 unspecified atom stereocenters. The zero-order chi connectivity index (χ0) is 23.7. The van der Waals surface area contributed by atoms with Gasteiger partial charge in [-0.05, 0) is 28.9 Å². The number of carbonyl (C=O) groups excluding carboxylic acids is 5. The van der Waals surface area contributed by atoms with Gasteiger partial charge in [0.25, 0.3) is 0 Å². The largest absolute Gasteiger partial charge is 0.458 e. The predicted octanol–water partition coefficient (Wildman–Crippen LogP) is 2.98. The first-order chi connectivity index (χ1) is 15.0. The molecule has 32 heavy (non-hydrogen) atoms. The maximum atomic E-state index is 12.7. The monoisotopic (exact) mass is 508 g/mol. The van der Waals surface area contributed by atoms with Crippen LogP contribution < -0.4 is 4.74 Å². The summed E-state index contributed by atoms with van der Waals surface area (Å²) in [6, 6.07) is 2.99. The highest BCUT2D eigenvalue weighted by molar-refractivity contribution is 9.12. The van der Waals surface area contributed by atoms with E-state index in [1.807, 2.05) is 0 Å². The minimum absolute atomic E-state index is 0.0479. The zero-order valence-corrected chi connectivity index (χ0v) is 19.4. The van der Waals surface area contributed by atoms with Gasteiger partial charge in [-0.25, -0.2) is 0 Å². The van der Waals surface area contributed by atoms with Gasteiger partial charge in [0.2, 0.25) is 5.78 Å². The lowest BCUT2D eigenvalue weighted by Crippen LogP contribution is -2.48. The van der Waals surface area contributed by atoms with Crippen molar-refractivity contribution in [1.82, 2.24) is 0 Å². The van der Waals surface area contributed by atoms with Crippen LogP contribution in [0.25, 0.3) is 0 Å². The fourth-order valence-corrected chi connectivity index (χ4v) is 4.27. The molecular formula is C22H21BrO9. The van der Waals surface area contributed by atoms with E-state index < -0.39 is 53.9 Å². The third-order valence-electron chi connectivity index (χ3n) is 5.02. The van der Waals surface area contributed by atoms with Crippen molar-refractivity contribution in [2.45, 2.75) is 58.5 Å². The van der Waals surface area contributed by atoms with Crippen LogP contribution in [0.2, 0.25) is 0 Å². The predicted molar refractivity (Wildman–Crippen MR) is 112 cm³/mol.